The van der Waals surface area contributed by atoms with Crippen LogP contribution in [0.4, 0.5) is 8.78 Å². The van der Waals surface area contributed by atoms with E-state index in [1.54, 1.807) is 18.2 Å². The fourth-order valence-electron chi connectivity index (χ4n) is 1.56. The van der Waals surface area contributed by atoms with Gasteiger partial charge < -0.3 is 10.5 Å². The van der Waals surface area contributed by atoms with Gasteiger partial charge >= 0.3 is 6.61 Å². The topological polar surface area (TPSA) is 35.2 Å². The zero-order chi connectivity index (χ0) is 12.3. The molecule has 0 aliphatic carbocycles. The molecule has 0 unspecified atom stereocenters. The third kappa shape index (κ3) is 3.41. The molecule has 0 saturated heterocycles. The number of rotatable bonds is 4. The van der Waals surface area contributed by atoms with Crippen LogP contribution in [-0.2, 0) is 0 Å². The molecule has 1 atom stereocenters. The molecule has 0 bridgehead atoms. The average molecular weight is 292 g/mol. The van der Waals surface area contributed by atoms with Gasteiger partial charge in [-0.2, -0.15) is 8.78 Å². The number of hydrogen-bond donors (Lipinski definition) is 1. The molecule has 0 amide bonds. The third-order valence-electron chi connectivity index (χ3n) is 2.32. The molecular formula is C12H12ClF2NOS. The number of hydrogen-bond acceptors (Lipinski definition) is 3. The highest BCUT2D eigenvalue weighted by Crippen LogP contribution is 2.31. The van der Waals surface area contributed by atoms with Gasteiger partial charge in [0.2, 0.25) is 0 Å². The zero-order valence-electron chi connectivity index (χ0n) is 9.25. The van der Waals surface area contributed by atoms with E-state index in [0.29, 0.717) is 5.56 Å². The van der Waals surface area contributed by atoms with Crippen molar-refractivity contribution in [2.24, 2.45) is 5.73 Å². The van der Waals surface area contributed by atoms with Gasteiger partial charge in [-0.05, 0) is 17.5 Å². The second-order valence-corrected chi connectivity index (χ2v) is 4.39. The van der Waals surface area contributed by atoms with Crippen molar-refractivity contribution in [2.45, 2.75) is 12.7 Å². The number of alkyl halides is 2. The van der Waals surface area contributed by atoms with Crippen LogP contribution in [0, 0.1) is 0 Å². The van der Waals surface area contributed by atoms with E-state index >= 15 is 0 Å². The van der Waals surface area contributed by atoms with Crippen LogP contribution in [0.2, 0.25) is 0 Å². The second-order valence-electron chi connectivity index (χ2n) is 3.41. The lowest BCUT2D eigenvalue weighted by Crippen LogP contribution is -2.13. The van der Waals surface area contributed by atoms with Crippen molar-refractivity contribution >= 4 is 23.7 Å². The van der Waals surface area contributed by atoms with E-state index < -0.39 is 12.7 Å². The van der Waals surface area contributed by atoms with Crippen molar-refractivity contribution in [2.75, 3.05) is 0 Å². The monoisotopic (exact) mass is 291 g/mol. The highest BCUT2D eigenvalue weighted by molar-refractivity contribution is 7.10. The van der Waals surface area contributed by atoms with Gasteiger partial charge in [0.05, 0.1) is 6.04 Å². The summed E-state index contributed by atoms with van der Waals surface area (Å²) in [7, 11) is 0. The molecular weight excluding hydrogens is 280 g/mol. The molecule has 0 radical (unpaired) electrons. The Morgan fingerprint density at radius 2 is 1.83 bits per heavy atom. The van der Waals surface area contributed by atoms with Gasteiger partial charge in [-0.15, -0.1) is 23.7 Å². The Bertz CT molecular complexity index is 479. The quantitative estimate of drug-likeness (QED) is 0.929. The Balaban J connectivity index is 0.00000162. The molecule has 2 aromatic rings. The van der Waals surface area contributed by atoms with Crippen LogP contribution in [0.3, 0.4) is 0 Å². The van der Waals surface area contributed by atoms with Crippen LogP contribution >= 0.6 is 23.7 Å². The summed E-state index contributed by atoms with van der Waals surface area (Å²) in [6, 6.07) is 9.89. The number of thiophene rings is 1. The molecule has 1 heterocycles. The van der Waals surface area contributed by atoms with Crippen molar-refractivity contribution in [3.63, 3.8) is 0 Å². The molecule has 1 aromatic heterocycles. The van der Waals surface area contributed by atoms with Gasteiger partial charge in [0.1, 0.15) is 5.75 Å². The fraction of sp³-hybridized carbons (Fsp3) is 0.167. The first-order chi connectivity index (χ1) is 8.18. The maximum absolute atomic E-state index is 12.2. The van der Waals surface area contributed by atoms with Crippen LogP contribution in [-0.4, -0.2) is 6.61 Å². The van der Waals surface area contributed by atoms with Crippen molar-refractivity contribution in [3.8, 4) is 5.75 Å². The molecule has 0 saturated carbocycles. The summed E-state index contributed by atoms with van der Waals surface area (Å²) in [5.74, 6) is 0.128. The summed E-state index contributed by atoms with van der Waals surface area (Å²) in [6.07, 6.45) is 0. The van der Waals surface area contributed by atoms with E-state index in [2.05, 4.69) is 4.74 Å². The van der Waals surface area contributed by atoms with E-state index in [9.17, 15) is 8.78 Å². The Morgan fingerprint density at radius 3 is 2.44 bits per heavy atom. The van der Waals surface area contributed by atoms with Crippen molar-refractivity contribution in [3.05, 3.63) is 52.2 Å². The number of para-hydroxylation sites is 1. The number of ether oxygens (including phenoxy) is 1. The summed E-state index contributed by atoms with van der Waals surface area (Å²) >= 11 is 1.49. The van der Waals surface area contributed by atoms with Gasteiger partial charge in [0, 0.05) is 10.4 Å². The van der Waals surface area contributed by atoms with Gasteiger partial charge in [0.15, 0.2) is 0 Å². The summed E-state index contributed by atoms with van der Waals surface area (Å²) < 4.78 is 28.9. The molecule has 0 aliphatic rings. The Morgan fingerprint density at radius 1 is 1.11 bits per heavy atom. The summed E-state index contributed by atoms with van der Waals surface area (Å²) in [4.78, 5) is 0.912. The smallest absolute Gasteiger partial charge is 0.387 e. The molecule has 1 aromatic carbocycles. The molecule has 98 valence electrons. The largest absolute Gasteiger partial charge is 0.434 e. The highest BCUT2D eigenvalue weighted by Gasteiger charge is 2.16. The number of nitrogens with two attached hydrogens (primary N) is 1. The van der Waals surface area contributed by atoms with E-state index in [4.69, 9.17) is 5.73 Å². The highest BCUT2D eigenvalue weighted by atomic mass is 35.5. The first kappa shape index (κ1) is 14.9. The van der Waals surface area contributed by atoms with Gasteiger partial charge in [-0.1, -0.05) is 24.3 Å². The molecule has 0 fully saturated rings. The minimum Gasteiger partial charge on any atom is -0.434 e. The SMILES string of the molecule is Cl.N[C@@H](c1cccs1)c1ccccc1OC(F)F. The predicted octanol–water partition coefficient (Wildman–Crippen LogP) is 3.82. The summed E-state index contributed by atoms with van der Waals surface area (Å²) in [5, 5.41) is 1.89. The summed E-state index contributed by atoms with van der Waals surface area (Å²) in [6.45, 7) is -2.84. The Kier molecular flexibility index (Phi) is 5.53. The zero-order valence-corrected chi connectivity index (χ0v) is 10.9. The van der Waals surface area contributed by atoms with Crippen molar-refractivity contribution in [1.29, 1.82) is 0 Å². The fourth-order valence-corrected chi connectivity index (χ4v) is 2.31. The minimum atomic E-state index is -2.84. The van der Waals surface area contributed by atoms with Crippen LogP contribution < -0.4 is 10.5 Å². The van der Waals surface area contributed by atoms with Gasteiger partial charge in [0.25, 0.3) is 0 Å². The normalized spacial score (nSPS) is 12.0. The number of halogens is 3. The molecule has 0 spiro atoms. The first-order valence-electron chi connectivity index (χ1n) is 5.01. The van der Waals surface area contributed by atoms with Crippen LogP contribution in [0.5, 0.6) is 5.75 Å². The average Bonchev–Trinajstić information content (AvgIpc) is 2.81. The van der Waals surface area contributed by atoms with E-state index in [1.165, 1.54) is 17.4 Å². The molecule has 0 aliphatic heterocycles. The van der Waals surface area contributed by atoms with Gasteiger partial charge in [-0.3, -0.25) is 0 Å². The minimum absolute atomic E-state index is 0. The molecule has 2 nitrogen and oxygen atoms in total. The van der Waals surface area contributed by atoms with E-state index in [-0.39, 0.29) is 18.2 Å². The lowest BCUT2D eigenvalue weighted by atomic mass is 10.1. The van der Waals surface area contributed by atoms with Crippen LogP contribution in [0.15, 0.2) is 41.8 Å². The summed E-state index contributed by atoms with van der Waals surface area (Å²) in [5.41, 5.74) is 6.59. The standard InChI is InChI=1S/C12H11F2NOS.ClH/c13-12(14)16-9-5-2-1-4-8(9)11(15)10-6-3-7-17-10;/h1-7,11-12H,15H2;1H/t11-;/m1./s1. The Hall–Kier alpha value is -1.17. The lowest BCUT2D eigenvalue weighted by molar-refractivity contribution is -0.0505. The molecule has 2 N–H and O–H groups in total. The molecule has 6 heteroatoms. The maximum Gasteiger partial charge on any atom is 0.387 e. The van der Waals surface area contributed by atoms with Crippen molar-refractivity contribution in [1.82, 2.24) is 0 Å². The van der Waals surface area contributed by atoms with E-state index in [1.807, 2.05) is 17.5 Å². The molecule has 2 rings (SSSR count). The van der Waals surface area contributed by atoms with E-state index in [0.717, 1.165) is 4.88 Å². The second kappa shape index (κ2) is 6.68. The van der Waals surface area contributed by atoms with Crippen molar-refractivity contribution < 1.29 is 13.5 Å². The van der Waals surface area contributed by atoms with Crippen LogP contribution in [0.1, 0.15) is 16.5 Å². The lowest BCUT2D eigenvalue weighted by Gasteiger charge is -2.15. The maximum atomic E-state index is 12.2. The third-order valence-corrected chi connectivity index (χ3v) is 3.28. The van der Waals surface area contributed by atoms with Gasteiger partial charge in [-0.25, -0.2) is 0 Å². The molecule has 18 heavy (non-hydrogen) atoms. The predicted molar refractivity (Wildman–Crippen MR) is 70.7 cm³/mol. The first-order valence-corrected chi connectivity index (χ1v) is 5.89. The Labute approximate surface area is 114 Å². The van der Waals surface area contributed by atoms with Crippen LogP contribution in [0.25, 0.3) is 0 Å². The number of benzene rings is 1.